The van der Waals surface area contributed by atoms with Crippen LogP contribution in [0.4, 0.5) is 0 Å². The van der Waals surface area contributed by atoms with E-state index in [1.54, 1.807) is 26.0 Å². The molecule has 1 aliphatic rings. The highest BCUT2D eigenvalue weighted by atomic mass is 79.9. The number of esters is 1. The molecule has 4 N–H and O–H groups in total. The van der Waals surface area contributed by atoms with E-state index in [2.05, 4.69) is 26.6 Å². The largest absolute Gasteiger partial charge is 0.507 e. The number of likely N-dealkylation sites (N-methyl/N-ethyl adjacent to an activating group) is 1. The second-order valence-electron chi connectivity index (χ2n) is 10.5. The summed E-state index contributed by atoms with van der Waals surface area (Å²) >= 11 is 3.25. The van der Waals surface area contributed by atoms with Crippen molar-refractivity contribution >= 4 is 39.6 Å². The summed E-state index contributed by atoms with van der Waals surface area (Å²) < 4.78 is 5.98. The number of ether oxygens (including phenoxy) is 1. The lowest BCUT2D eigenvalue weighted by atomic mass is 9.95. The Hall–Kier alpha value is -2.92. The molecule has 1 heterocycles. The van der Waals surface area contributed by atoms with Crippen LogP contribution < -0.4 is 10.6 Å². The second-order valence-corrected chi connectivity index (χ2v) is 11.4. The predicted molar refractivity (Wildman–Crippen MR) is 150 cm³/mol. The number of hydrogen-bond acceptors (Lipinski definition) is 7. The van der Waals surface area contributed by atoms with Crippen LogP contribution in [0.2, 0.25) is 0 Å². The van der Waals surface area contributed by atoms with Crippen molar-refractivity contribution < 1.29 is 34.1 Å². The van der Waals surface area contributed by atoms with Gasteiger partial charge in [0.05, 0.1) is 17.2 Å². The van der Waals surface area contributed by atoms with Crippen LogP contribution in [0.5, 0.6) is 5.75 Å². The van der Waals surface area contributed by atoms with Crippen molar-refractivity contribution in [1.82, 2.24) is 15.5 Å². The maximum atomic E-state index is 13.4. The number of nitrogens with one attached hydrogen (secondary N) is 2. The molecule has 6 unspecified atom stereocenters. The molecular weight excluding hydrogens is 570 g/mol. The summed E-state index contributed by atoms with van der Waals surface area (Å²) in [5.74, 6) is -2.65. The summed E-state index contributed by atoms with van der Waals surface area (Å²) in [6.07, 6.45) is 2.67. The molecule has 0 aromatic heterocycles. The number of halogens is 1. The van der Waals surface area contributed by atoms with Gasteiger partial charge in [-0.25, -0.2) is 4.79 Å². The van der Waals surface area contributed by atoms with E-state index in [4.69, 9.17) is 4.74 Å². The number of aromatic hydroxyl groups is 1. The van der Waals surface area contributed by atoms with E-state index in [9.17, 15) is 29.4 Å². The third-order valence-corrected chi connectivity index (χ3v) is 7.37. The number of phenolic OH excluding ortho intramolecular Hbond substituents is 1. The van der Waals surface area contributed by atoms with Gasteiger partial charge in [0.1, 0.15) is 23.9 Å². The molecule has 0 aliphatic carbocycles. The number of carbonyl (C=O) groups is 4. The van der Waals surface area contributed by atoms with Gasteiger partial charge in [-0.1, -0.05) is 31.6 Å². The van der Waals surface area contributed by atoms with Crippen molar-refractivity contribution in [1.29, 1.82) is 0 Å². The SMILES string of the molecule is CC1=CC(C)CC(C)OC(=O)C(C)NC(=O)C(Cc2ccc(O)c(Br)c2)N(C)C(=O)C(CO)NC(=O)C(C)C1. The number of allylic oxidation sites excluding steroid dienone is 2. The van der Waals surface area contributed by atoms with E-state index in [1.807, 2.05) is 19.9 Å². The van der Waals surface area contributed by atoms with Gasteiger partial charge in [0.15, 0.2) is 0 Å². The van der Waals surface area contributed by atoms with Gasteiger partial charge in [-0.2, -0.15) is 0 Å². The Morgan fingerprint density at radius 3 is 2.36 bits per heavy atom. The molecule has 0 saturated heterocycles. The highest BCUT2D eigenvalue weighted by Crippen LogP contribution is 2.25. The van der Waals surface area contributed by atoms with E-state index >= 15 is 0 Å². The molecule has 0 spiro atoms. The highest BCUT2D eigenvalue weighted by molar-refractivity contribution is 9.10. The lowest BCUT2D eigenvalue weighted by Crippen LogP contribution is -2.58. The van der Waals surface area contributed by atoms with Crippen LogP contribution in [-0.2, 0) is 30.3 Å². The number of amides is 3. The number of carbonyl (C=O) groups excluding carboxylic acids is 4. The standard InChI is InChI=1S/C28H40BrN3O7/c1-15-9-16(2)11-18(4)39-28(38)19(5)30-26(36)23(13-20-7-8-24(34)21(29)12-20)32(6)27(37)22(14-33)31-25(35)17(3)10-15/h7-9,12,16-19,22-23,33-34H,10-11,13-14H2,1-6H3,(H,30,36)(H,31,35). The van der Waals surface area contributed by atoms with Gasteiger partial charge < -0.3 is 30.5 Å². The zero-order chi connectivity index (χ0) is 29.4. The van der Waals surface area contributed by atoms with Gasteiger partial charge in [0, 0.05) is 19.4 Å². The maximum absolute atomic E-state index is 13.4. The monoisotopic (exact) mass is 609 g/mol. The van der Waals surface area contributed by atoms with Gasteiger partial charge in [-0.3, -0.25) is 14.4 Å². The molecule has 0 fully saturated rings. The third-order valence-electron chi connectivity index (χ3n) is 6.73. The second kappa shape index (κ2) is 14.5. The Morgan fingerprint density at radius 2 is 1.74 bits per heavy atom. The van der Waals surface area contributed by atoms with E-state index in [-0.39, 0.29) is 18.1 Å². The average molecular weight is 611 g/mol. The van der Waals surface area contributed by atoms with Crippen LogP contribution >= 0.6 is 15.9 Å². The highest BCUT2D eigenvalue weighted by Gasteiger charge is 2.34. The molecule has 6 atom stereocenters. The Balaban J connectivity index is 2.44. The minimum atomic E-state index is -1.27. The molecular formula is C28H40BrN3O7. The van der Waals surface area contributed by atoms with E-state index < -0.39 is 60.4 Å². The number of cyclic esters (lactones) is 1. The fraction of sp³-hybridized carbons (Fsp3) is 0.571. The molecule has 1 aromatic rings. The van der Waals surface area contributed by atoms with Crippen LogP contribution in [0, 0.1) is 11.8 Å². The molecule has 39 heavy (non-hydrogen) atoms. The minimum absolute atomic E-state index is 0.0133. The summed E-state index contributed by atoms with van der Waals surface area (Å²) in [6.45, 7) is 8.28. The van der Waals surface area contributed by atoms with Crippen molar-refractivity contribution in [3.8, 4) is 5.75 Å². The van der Waals surface area contributed by atoms with Crippen molar-refractivity contribution in [3.05, 3.63) is 39.9 Å². The summed E-state index contributed by atoms with van der Waals surface area (Å²) in [5.41, 5.74) is 1.61. The number of nitrogens with zero attached hydrogens (tertiary/aromatic N) is 1. The lowest BCUT2D eigenvalue weighted by Gasteiger charge is -2.31. The number of hydrogen-bond donors (Lipinski definition) is 4. The zero-order valence-electron chi connectivity index (χ0n) is 23.4. The van der Waals surface area contributed by atoms with E-state index in [0.29, 0.717) is 22.9 Å². The predicted octanol–water partition coefficient (Wildman–Crippen LogP) is 2.45. The van der Waals surface area contributed by atoms with Crippen molar-refractivity contribution in [3.63, 3.8) is 0 Å². The number of aliphatic hydroxyl groups excluding tert-OH is 1. The smallest absolute Gasteiger partial charge is 0.328 e. The van der Waals surface area contributed by atoms with Crippen LogP contribution in [-0.4, -0.2) is 76.7 Å². The molecule has 10 nitrogen and oxygen atoms in total. The number of phenols is 1. The first-order valence-electron chi connectivity index (χ1n) is 13.1. The maximum Gasteiger partial charge on any atom is 0.328 e. The first-order valence-corrected chi connectivity index (χ1v) is 13.9. The minimum Gasteiger partial charge on any atom is -0.507 e. The molecule has 216 valence electrons. The average Bonchev–Trinajstić information content (AvgIpc) is 2.85. The summed E-state index contributed by atoms with van der Waals surface area (Å²) in [5, 5.41) is 25.1. The van der Waals surface area contributed by atoms with Crippen LogP contribution in [0.15, 0.2) is 34.3 Å². The van der Waals surface area contributed by atoms with Crippen LogP contribution in [0.3, 0.4) is 0 Å². The number of aliphatic hydroxyl groups is 1. The zero-order valence-corrected chi connectivity index (χ0v) is 24.9. The fourth-order valence-corrected chi connectivity index (χ4v) is 5.07. The normalized spacial score (nSPS) is 28.5. The van der Waals surface area contributed by atoms with Crippen molar-refractivity contribution in [2.24, 2.45) is 11.8 Å². The summed E-state index contributed by atoms with van der Waals surface area (Å²) in [7, 11) is 1.40. The van der Waals surface area contributed by atoms with Gasteiger partial charge in [-0.15, -0.1) is 0 Å². The molecule has 1 aromatic carbocycles. The molecule has 0 bridgehead atoms. The van der Waals surface area contributed by atoms with Crippen LogP contribution in [0.1, 0.15) is 53.0 Å². The van der Waals surface area contributed by atoms with Crippen LogP contribution in [0.25, 0.3) is 0 Å². The first kappa shape index (κ1) is 32.3. The fourth-order valence-electron chi connectivity index (χ4n) is 4.64. The molecule has 11 heteroatoms. The number of rotatable bonds is 3. The Kier molecular flexibility index (Phi) is 12.0. The molecule has 2 rings (SSSR count). The number of benzene rings is 1. The van der Waals surface area contributed by atoms with E-state index in [1.165, 1.54) is 20.0 Å². The summed E-state index contributed by atoms with van der Waals surface area (Å²) in [4.78, 5) is 53.6. The lowest BCUT2D eigenvalue weighted by molar-refractivity contribution is -0.153. The van der Waals surface area contributed by atoms with Crippen molar-refractivity contribution in [2.75, 3.05) is 13.7 Å². The van der Waals surface area contributed by atoms with E-state index in [0.717, 1.165) is 10.5 Å². The topological polar surface area (TPSA) is 145 Å². The first-order chi connectivity index (χ1) is 18.2. The molecule has 1 aliphatic heterocycles. The van der Waals surface area contributed by atoms with Gasteiger partial charge in [0.2, 0.25) is 17.7 Å². The quantitative estimate of drug-likeness (QED) is 0.304. The Bertz CT molecular complexity index is 1090. The van der Waals surface area contributed by atoms with Gasteiger partial charge in [0.25, 0.3) is 0 Å². The molecule has 3 amide bonds. The van der Waals surface area contributed by atoms with Gasteiger partial charge >= 0.3 is 5.97 Å². The van der Waals surface area contributed by atoms with Crippen molar-refractivity contribution in [2.45, 2.75) is 78.1 Å². The summed E-state index contributed by atoms with van der Waals surface area (Å²) in [6, 6.07) is 1.33. The Morgan fingerprint density at radius 1 is 1.08 bits per heavy atom. The molecule has 0 radical (unpaired) electrons. The third kappa shape index (κ3) is 9.35. The Labute approximate surface area is 238 Å². The van der Waals surface area contributed by atoms with Gasteiger partial charge in [-0.05, 0) is 73.2 Å². The molecule has 0 saturated carbocycles.